The number of amides is 2. The van der Waals surface area contributed by atoms with Gasteiger partial charge in [-0.25, -0.2) is 0 Å². The second-order valence-electron chi connectivity index (χ2n) is 8.48. The van der Waals surface area contributed by atoms with Crippen molar-refractivity contribution in [2.24, 2.45) is 11.3 Å². The fraction of sp³-hybridized carbons (Fsp3) is 0.619. The Balaban J connectivity index is 1.51. The lowest BCUT2D eigenvalue weighted by atomic mass is 9.89. The molecule has 28 heavy (non-hydrogen) atoms. The van der Waals surface area contributed by atoms with Gasteiger partial charge in [0, 0.05) is 39.3 Å². The molecule has 3 rings (SSSR count). The quantitative estimate of drug-likeness (QED) is 0.752. The van der Waals surface area contributed by atoms with E-state index in [-0.39, 0.29) is 18.6 Å². The number of rotatable bonds is 6. The molecule has 2 aliphatic heterocycles. The fourth-order valence-corrected chi connectivity index (χ4v) is 3.42. The van der Waals surface area contributed by atoms with Gasteiger partial charge in [0.05, 0.1) is 0 Å². The van der Waals surface area contributed by atoms with E-state index >= 15 is 0 Å². The van der Waals surface area contributed by atoms with Crippen molar-refractivity contribution in [3.63, 3.8) is 0 Å². The van der Waals surface area contributed by atoms with E-state index in [0.29, 0.717) is 25.6 Å². The molecule has 0 spiro atoms. The summed E-state index contributed by atoms with van der Waals surface area (Å²) in [5.41, 5.74) is 0.117. The summed E-state index contributed by atoms with van der Waals surface area (Å²) in [6.07, 6.45) is 0. The predicted molar refractivity (Wildman–Crippen MR) is 106 cm³/mol. The van der Waals surface area contributed by atoms with Crippen molar-refractivity contribution >= 4 is 11.8 Å². The number of nitrogens with one attached hydrogen (secondary N) is 1. The van der Waals surface area contributed by atoms with Crippen LogP contribution in [0.5, 0.6) is 11.5 Å². The number of benzene rings is 1. The van der Waals surface area contributed by atoms with Crippen LogP contribution in [-0.2, 0) is 16.1 Å². The number of piperazine rings is 1. The SMILES string of the molecule is CC(C)CNC(=O)C(C)(C)C(=O)N1CCN(Cc2ccc3c(c2)OCO3)CC1. The molecule has 7 heteroatoms. The van der Waals surface area contributed by atoms with E-state index in [2.05, 4.69) is 10.2 Å². The third-order valence-corrected chi connectivity index (χ3v) is 5.28. The highest BCUT2D eigenvalue weighted by atomic mass is 16.7. The standard InChI is InChI=1S/C21H31N3O4/c1-15(2)12-22-19(25)21(3,4)20(26)24-9-7-23(8-10-24)13-16-5-6-17-18(11-16)28-14-27-17/h5-6,11,15H,7-10,12-14H2,1-4H3,(H,22,25). The molecule has 0 saturated carbocycles. The van der Waals surface area contributed by atoms with Crippen molar-refractivity contribution in [2.75, 3.05) is 39.5 Å². The maximum atomic E-state index is 12.9. The summed E-state index contributed by atoms with van der Waals surface area (Å²) in [6.45, 7) is 12.0. The molecule has 2 heterocycles. The molecule has 2 amide bonds. The highest BCUT2D eigenvalue weighted by molar-refractivity contribution is 6.04. The van der Waals surface area contributed by atoms with Gasteiger partial charge >= 0.3 is 0 Å². The summed E-state index contributed by atoms with van der Waals surface area (Å²) >= 11 is 0. The lowest BCUT2D eigenvalue weighted by Crippen LogP contribution is -2.55. The molecule has 0 bridgehead atoms. The van der Waals surface area contributed by atoms with Crippen LogP contribution in [0.4, 0.5) is 0 Å². The highest BCUT2D eigenvalue weighted by Gasteiger charge is 2.39. The van der Waals surface area contributed by atoms with E-state index in [1.165, 1.54) is 0 Å². The third-order valence-electron chi connectivity index (χ3n) is 5.28. The van der Waals surface area contributed by atoms with Gasteiger partial charge in [0.15, 0.2) is 11.5 Å². The normalized spacial score (nSPS) is 17.1. The maximum absolute atomic E-state index is 12.9. The van der Waals surface area contributed by atoms with Crippen molar-refractivity contribution < 1.29 is 19.1 Å². The molecule has 1 saturated heterocycles. The van der Waals surface area contributed by atoms with Gasteiger partial charge in [-0.1, -0.05) is 19.9 Å². The molecular weight excluding hydrogens is 358 g/mol. The van der Waals surface area contributed by atoms with Gasteiger partial charge in [0.2, 0.25) is 18.6 Å². The van der Waals surface area contributed by atoms with Gasteiger partial charge in [0.1, 0.15) is 5.41 Å². The second-order valence-corrected chi connectivity index (χ2v) is 8.48. The number of hydrogen-bond acceptors (Lipinski definition) is 5. The van der Waals surface area contributed by atoms with E-state index < -0.39 is 5.41 Å². The Bertz CT molecular complexity index is 724. The Hall–Kier alpha value is -2.28. The first-order chi connectivity index (χ1) is 13.3. The predicted octanol–water partition coefficient (Wildman–Crippen LogP) is 1.86. The first-order valence-electron chi connectivity index (χ1n) is 9.96. The molecule has 1 aromatic carbocycles. The Morgan fingerprint density at radius 2 is 1.79 bits per heavy atom. The first-order valence-corrected chi connectivity index (χ1v) is 9.96. The van der Waals surface area contributed by atoms with Gasteiger partial charge in [-0.2, -0.15) is 0 Å². The van der Waals surface area contributed by atoms with E-state index in [9.17, 15) is 9.59 Å². The summed E-state index contributed by atoms with van der Waals surface area (Å²) < 4.78 is 10.8. The van der Waals surface area contributed by atoms with Crippen LogP contribution in [0, 0.1) is 11.3 Å². The van der Waals surface area contributed by atoms with Crippen LogP contribution in [0.15, 0.2) is 18.2 Å². The lowest BCUT2D eigenvalue weighted by Gasteiger charge is -2.38. The van der Waals surface area contributed by atoms with Crippen molar-refractivity contribution in [1.29, 1.82) is 0 Å². The topological polar surface area (TPSA) is 71.1 Å². The molecule has 2 aliphatic rings. The van der Waals surface area contributed by atoms with Crippen LogP contribution in [0.2, 0.25) is 0 Å². The molecule has 1 aromatic rings. The second kappa shape index (κ2) is 8.39. The Kier molecular flexibility index (Phi) is 6.13. The van der Waals surface area contributed by atoms with Crippen molar-refractivity contribution in [2.45, 2.75) is 34.2 Å². The Labute approximate surface area is 167 Å². The van der Waals surface area contributed by atoms with E-state index in [0.717, 1.165) is 36.7 Å². The van der Waals surface area contributed by atoms with Crippen molar-refractivity contribution in [3.05, 3.63) is 23.8 Å². The van der Waals surface area contributed by atoms with Crippen LogP contribution in [0.3, 0.4) is 0 Å². The number of ether oxygens (including phenoxy) is 2. The Morgan fingerprint density at radius 3 is 2.46 bits per heavy atom. The summed E-state index contributed by atoms with van der Waals surface area (Å²) in [5, 5.41) is 2.89. The number of fused-ring (bicyclic) bond motifs is 1. The number of nitrogens with zero attached hydrogens (tertiary/aromatic N) is 2. The summed E-state index contributed by atoms with van der Waals surface area (Å²) in [7, 11) is 0. The fourth-order valence-electron chi connectivity index (χ4n) is 3.42. The average Bonchev–Trinajstić information content (AvgIpc) is 3.13. The van der Waals surface area contributed by atoms with E-state index in [1.54, 1.807) is 13.8 Å². The van der Waals surface area contributed by atoms with Crippen LogP contribution < -0.4 is 14.8 Å². The zero-order chi connectivity index (χ0) is 20.3. The van der Waals surface area contributed by atoms with Crippen molar-refractivity contribution in [3.8, 4) is 11.5 Å². The lowest BCUT2D eigenvalue weighted by molar-refractivity contribution is -0.150. The molecule has 0 radical (unpaired) electrons. The van der Waals surface area contributed by atoms with Gasteiger partial charge in [-0.15, -0.1) is 0 Å². The summed E-state index contributed by atoms with van der Waals surface area (Å²) in [6, 6.07) is 6.00. The average molecular weight is 389 g/mol. The number of hydrogen-bond donors (Lipinski definition) is 1. The van der Waals surface area contributed by atoms with E-state index in [1.807, 2.05) is 36.9 Å². The minimum atomic E-state index is -1.05. The third kappa shape index (κ3) is 4.58. The highest BCUT2D eigenvalue weighted by Crippen LogP contribution is 2.33. The minimum absolute atomic E-state index is 0.100. The zero-order valence-corrected chi connectivity index (χ0v) is 17.3. The monoisotopic (exact) mass is 389 g/mol. The van der Waals surface area contributed by atoms with Crippen LogP contribution in [0.1, 0.15) is 33.3 Å². The molecular formula is C21H31N3O4. The largest absolute Gasteiger partial charge is 0.454 e. The molecule has 1 N–H and O–H groups in total. The molecule has 0 aromatic heterocycles. The summed E-state index contributed by atoms with van der Waals surface area (Å²) in [5.74, 6) is 1.64. The van der Waals surface area contributed by atoms with Crippen molar-refractivity contribution in [1.82, 2.24) is 15.1 Å². The van der Waals surface area contributed by atoms with Gasteiger partial charge in [-0.3, -0.25) is 14.5 Å². The smallest absolute Gasteiger partial charge is 0.237 e. The zero-order valence-electron chi connectivity index (χ0n) is 17.3. The molecule has 0 aliphatic carbocycles. The molecule has 154 valence electrons. The van der Waals surface area contributed by atoms with Crippen LogP contribution in [-0.4, -0.2) is 61.1 Å². The minimum Gasteiger partial charge on any atom is -0.454 e. The molecule has 1 fully saturated rings. The summed E-state index contributed by atoms with van der Waals surface area (Å²) in [4.78, 5) is 29.5. The first kappa shape index (κ1) is 20.5. The molecule has 0 atom stereocenters. The maximum Gasteiger partial charge on any atom is 0.237 e. The van der Waals surface area contributed by atoms with Crippen LogP contribution >= 0.6 is 0 Å². The Morgan fingerprint density at radius 1 is 1.11 bits per heavy atom. The number of carbonyl (C=O) groups is 2. The van der Waals surface area contributed by atoms with Crippen LogP contribution in [0.25, 0.3) is 0 Å². The molecule has 7 nitrogen and oxygen atoms in total. The van der Waals surface area contributed by atoms with Gasteiger partial charge < -0.3 is 19.7 Å². The van der Waals surface area contributed by atoms with Gasteiger partial charge in [0.25, 0.3) is 0 Å². The van der Waals surface area contributed by atoms with Gasteiger partial charge in [-0.05, 0) is 37.5 Å². The number of carbonyl (C=O) groups excluding carboxylic acids is 2. The van der Waals surface area contributed by atoms with E-state index in [4.69, 9.17) is 9.47 Å². The molecule has 0 unspecified atom stereocenters.